The molecule has 0 saturated heterocycles. The van der Waals surface area contributed by atoms with Crippen molar-refractivity contribution in [2.75, 3.05) is 0 Å². The largest absolute Gasteiger partial charge is 0.478 e. The van der Waals surface area contributed by atoms with Gasteiger partial charge in [-0.2, -0.15) is 0 Å². The van der Waals surface area contributed by atoms with E-state index in [2.05, 4.69) is 10.1 Å². The highest BCUT2D eigenvalue weighted by atomic mass is 35.5. The maximum atomic E-state index is 12.8. The van der Waals surface area contributed by atoms with Gasteiger partial charge < -0.3 is 10.1 Å². The van der Waals surface area contributed by atoms with E-state index in [-0.39, 0.29) is 28.4 Å². The van der Waals surface area contributed by atoms with E-state index < -0.39 is 22.5 Å². The maximum Gasteiger partial charge on any atom is 0.335 e. The van der Waals surface area contributed by atoms with E-state index in [4.69, 9.17) is 16.7 Å². The van der Waals surface area contributed by atoms with E-state index in [1.165, 1.54) is 42.5 Å². The number of aromatic amines is 2. The molecular weight excluding hydrogens is 386 g/mol. The van der Waals surface area contributed by atoms with Crippen molar-refractivity contribution in [2.24, 2.45) is 0 Å². The van der Waals surface area contributed by atoms with E-state index in [9.17, 15) is 19.2 Å². The number of aromatic carboxylic acids is 1. The van der Waals surface area contributed by atoms with Crippen molar-refractivity contribution < 1.29 is 9.90 Å². The van der Waals surface area contributed by atoms with E-state index in [1.54, 1.807) is 0 Å². The second-order valence-corrected chi connectivity index (χ2v) is 6.66. The molecule has 0 aliphatic heterocycles. The minimum Gasteiger partial charge on any atom is -0.478 e. The summed E-state index contributed by atoms with van der Waals surface area (Å²) in [4.78, 5) is 51.9. The number of hydrogen-bond donors (Lipinski definition) is 3. The van der Waals surface area contributed by atoms with Crippen LogP contribution < -0.4 is 16.5 Å². The summed E-state index contributed by atoms with van der Waals surface area (Å²) in [5, 5.41) is 11.8. The summed E-state index contributed by atoms with van der Waals surface area (Å²) >= 11 is 5.93. The first kappa shape index (κ1) is 17.7. The molecule has 2 heterocycles. The van der Waals surface area contributed by atoms with Crippen molar-refractivity contribution in [2.45, 2.75) is 6.54 Å². The van der Waals surface area contributed by atoms with Gasteiger partial charge >= 0.3 is 5.97 Å². The standard InChI is InChI=1S/C19H12ClN3O5/c20-11-5-6-12-13(7-11)21-15-14(16(12)24)18(26)23(22-17(15)25)8-9-1-3-10(4-2-9)19(27)28/h1-7H,8H2,(H,21,24)(H,22,25)(H,27,28). The second-order valence-electron chi connectivity index (χ2n) is 6.23. The summed E-state index contributed by atoms with van der Waals surface area (Å²) in [6, 6.07) is 10.4. The molecule has 9 heteroatoms. The topological polar surface area (TPSA) is 125 Å². The molecule has 0 aliphatic carbocycles. The Morgan fingerprint density at radius 1 is 1.07 bits per heavy atom. The predicted molar refractivity (Wildman–Crippen MR) is 104 cm³/mol. The molecule has 3 N–H and O–H groups in total. The van der Waals surface area contributed by atoms with Crippen molar-refractivity contribution in [3.05, 3.63) is 89.5 Å². The minimum atomic E-state index is -1.07. The van der Waals surface area contributed by atoms with Crippen LogP contribution in [0, 0.1) is 0 Å². The number of pyridine rings is 1. The Bertz CT molecular complexity index is 1430. The fourth-order valence-electron chi connectivity index (χ4n) is 3.05. The molecule has 4 rings (SSSR count). The normalized spacial score (nSPS) is 11.2. The van der Waals surface area contributed by atoms with Gasteiger partial charge in [0.2, 0.25) is 5.43 Å². The first-order valence-electron chi connectivity index (χ1n) is 8.16. The predicted octanol–water partition coefficient (Wildman–Crippen LogP) is 1.93. The third-order valence-electron chi connectivity index (χ3n) is 4.43. The molecule has 0 aliphatic rings. The lowest BCUT2D eigenvalue weighted by atomic mass is 10.1. The number of rotatable bonds is 3. The Morgan fingerprint density at radius 2 is 1.79 bits per heavy atom. The van der Waals surface area contributed by atoms with Crippen LogP contribution in [0.3, 0.4) is 0 Å². The lowest BCUT2D eigenvalue weighted by Crippen LogP contribution is -2.34. The monoisotopic (exact) mass is 397 g/mol. The number of halogens is 1. The first-order chi connectivity index (χ1) is 13.3. The maximum absolute atomic E-state index is 12.8. The van der Waals surface area contributed by atoms with Crippen LogP contribution in [0.4, 0.5) is 0 Å². The van der Waals surface area contributed by atoms with Gasteiger partial charge in [-0.3, -0.25) is 19.5 Å². The Kier molecular flexibility index (Phi) is 4.12. The van der Waals surface area contributed by atoms with Crippen molar-refractivity contribution in [3.63, 3.8) is 0 Å². The third-order valence-corrected chi connectivity index (χ3v) is 4.66. The summed E-state index contributed by atoms with van der Waals surface area (Å²) in [5.74, 6) is -1.07. The molecule has 140 valence electrons. The SMILES string of the molecule is O=C(O)c1ccc(Cn2[nH]c(=O)c3[nH]c4cc(Cl)ccc4c(=O)c3c2=O)cc1. The minimum absolute atomic E-state index is 0.0258. The lowest BCUT2D eigenvalue weighted by molar-refractivity contribution is 0.0697. The van der Waals surface area contributed by atoms with E-state index >= 15 is 0 Å². The van der Waals surface area contributed by atoms with Crippen molar-refractivity contribution in [3.8, 4) is 0 Å². The molecule has 0 amide bonds. The number of fused-ring (bicyclic) bond motifs is 2. The van der Waals surface area contributed by atoms with E-state index in [0.717, 1.165) is 4.68 Å². The number of H-pyrrole nitrogens is 2. The fraction of sp³-hybridized carbons (Fsp3) is 0.0526. The Labute approximate surface area is 160 Å². The molecule has 0 radical (unpaired) electrons. The van der Waals surface area contributed by atoms with E-state index in [1.807, 2.05) is 0 Å². The highest BCUT2D eigenvalue weighted by Gasteiger charge is 2.15. The number of carbonyl (C=O) groups is 1. The smallest absolute Gasteiger partial charge is 0.335 e. The molecule has 0 unspecified atom stereocenters. The highest BCUT2D eigenvalue weighted by molar-refractivity contribution is 6.31. The van der Waals surface area contributed by atoms with Crippen LogP contribution in [0.15, 0.2) is 56.8 Å². The van der Waals surface area contributed by atoms with Crippen molar-refractivity contribution in [1.29, 1.82) is 0 Å². The van der Waals surface area contributed by atoms with Crippen LogP contribution in [-0.4, -0.2) is 25.8 Å². The average Bonchev–Trinajstić information content (AvgIpc) is 2.66. The van der Waals surface area contributed by atoms with Gasteiger partial charge in [-0.1, -0.05) is 23.7 Å². The molecule has 0 spiro atoms. The third kappa shape index (κ3) is 2.89. The van der Waals surface area contributed by atoms with Crippen LogP contribution in [-0.2, 0) is 6.54 Å². The number of aromatic nitrogens is 3. The number of hydrogen-bond acceptors (Lipinski definition) is 4. The van der Waals surface area contributed by atoms with Crippen LogP contribution in [0.1, 0.15) is 15.9 Å². The molecule has 2 aromatic carbocycles. The van der Waals surface area contributed by atoms with Crippen molar-refractivity contribution in [1.82, 2.24) is 14.8 Å². The molecule has 0 atom stereocenters. The van der Waals surface area contributed by atoms with Gasteiger partial charge in [-0.05, 0) is 35.9 Å². The number of carboxylic acid groups (broad SMARTS) is 1. The van der Waals surface area contributed by atoms with Crippen LogP contribution in [0.25, 0.3) is 21.8 Å². The Balaban J connectivity index is 1.91. The molecule has 0 saturated carbocycles. The number of nitrogens with zero attached hydrogens (tertiary/aromatic N) is 1. The average molecular weight is 398 g/mol. The van der Waals surface area contributed by atoms with Crippen LogP contribution in [0.2, 0.25) is 5.02 Å². The molecular formula is C19H12ClN3O5. The molecule has 8 nitrogen and oxygen atoms in total. The summed E-state index contributed by atoms with van der Waals surface area (Å²) in [6.45, 7) is -0.0258. The van der Waals surface area contributed by atoms with Crippen molar-refractivity contribution >= 4 is 39.4 Å². The highest BCUT2D eigenvalue weighted by Crippen LogP contribution is 2.16. The van der Waals surface area contributed by atoms with Gasteiger partial charge in [-0.25, -0.2) is 9.48 Å². The van der Waals surface area contributed by atoms with Crippen LogP contribution in [0.5, 0.6) is 0 Å². The number of nitrogens with one attached hydrogen (secondary N) is 2. The lowest BCUT2D eigenvalue weighted by Gasteiger charge is -2.08. The van der Waals surface area contributed by atoms with Gasteiger partial charge in [0.05, 0.1) is 17.6 Å². The summed E-state index contributed by atoms with van der Waals surface area (Å²) in [7, 11) is 0. The Hall–Kier alpha value is -3.65. The molecule has 4 aromatic rings. The number of benzene rings is 2. The number of carboxylic acids is 1. The summed E-state index contributed by atoms with van der Waals surface area (Å²) in [5.41, 5.74) is -0.924. The zero-order valence-corrected chi connectivity index (χ0v) is 14.9. The second kappa shape index (κ2) is 6.50. The zero-order chi connectivity index (χ0) is 20.0. The molecule has 2 aromatic heterocycles. The van der Waals surface area contributed by atoms with Gasteiger partial charge in [-0.15, -0.1) is 0 Å². The quantitative estimate of drug-likeness (QED) is 0.455. The van der Waals surface area contributed by atoms with Gasteiger partial charge in [0.15, 0.2) is 0 Å². The molecule has 0 bridgehead atoms. The van der Waals surface area contributed by atoms with Gasteiger partial charge in [0.1, 0.15) is 10.9 Å². The van der Waals surface area contributed by atoms with Gasteiger partial charge in [0, 0.05) is 10.4 Å². The van der Waals surface area contributed by atoms with Crippen LogP contribution >= 0.6 is 11.6 Å². The fourth-order valence-corrected chi connectivity index (χ4v) is 3.22. The molecule has 0 fully saturated rings. The summed E-state index contributed by atoms with van der Waals surface area (Å²) in [6.07, 6.45) is 0. The zero-order valence-electron chi connectivity index (χ0n) is 14.2. The first-order valence-corrected chi connectivity index (χ1v) is 8.53. The molecule has 28 heavy (non-hydrogen) atoms. The van der Waals surface area contributed by atoms with Gasteiger partial charge in [0.25, 0.3) is 11.1 Å². The Morgan fingerprint density at radius 3 is 2.46 bits per heavy atom. The summed E-state index contributed by atoms with van der Waals surface area (Å²) < 4.78 is 1.03. The van der Waals surface area contributed by atoms with E-state index in [0.29, 0.717) is 16.1 Å².